The van der Waals surface area contributed by atoms with E-state index in [2.05, 4.69) is 27.6 Å². The number of carbonyl (C=O) groups excluding carboxylic acids is 2. The molecule has 35 heavy (non-hydrogen) atoms. The van der Waals surface area contributed by atoms with E-state index in [-0.39, 0.29) is 17.2 Å². The molecule has 0 saturated carbocycles. The summed E-state index contributed by atoms with van der Waals surface area (Å²) in [5.74, 6) is 1.15. The Balaban J connectivity index is 1.20. The molecule has 1 fully saturated rings. The highest BCUT2D eigenvalue weighted by Crippen LogP contribution is 2.39. The van der Waals surface area contributed by atoms with Crippen LogP contribution in [0.5, 0.6) is 0 Å². The number of thioether (sulfide) groups is 2. The van der Waals surface area contributed by atoms with E-state index in [0.29, 0.717) is 23.0 Å². The molecule has 2 amide bonds. The van der Waals surface area contributed by atoms with Crippen LogP contribution in [0.3, 0.4) is 0 Å². The minimum absolute atomic E-state index is 0.0628. The molecule has 1 aliphatic rings. The fraction of sp³-hybridized carbons (Fsp3) is 0.154. The molecule has 0 spiro atoms. The molecule has 176 valence electrons. The fourth-order valence-electron chi connectivity index (χ4n) is 3.69. The lowest BCUT2D eigenvalue weighted by Crippen LogP contribution is -2.27. The van der Waals surface area contributed by atoms with E-state index in [1.165, 1.54) is 16.9 Å². The topological polar surface area (TPSA) is 75.2 Å². The van der Waals surface area contributed by atoms with E-state index >= 15 is 0 Å². The van der Waals surface area contributed by atoms with E-state index in [4.69, 9.17) is 0 Å². The van der Waals surface area contributed by atoms with E-state index in [1.54, 1.807) is 35.7 Å². The molecule has 1 N–H and O–H groups in total. The van der Waals surface area contributed by atoms with Gasteiger partial charge in [-0.25, -0.2) is 0 Å². The van der Waals surface area contributed by atoms with Crippen LogP contribution in [0.25, 0.3) is 0 Å². The number of nitrogens with one attached hydrogen (secondary N) is 1. The summed E-state index contributed by atoms with van der Waals surface area (Å²) in [4.78, 5) is 27.1. The summed E-state index contributed by atoms with van der Waals surface area (Å²) in [5, 5.41) is 11.5. The SMILES string of the molecule is O=C(Nc1nnc(SCc2ccccc2)s1)c1ccc(C2SCC(=O)N2Cc2ccccc2)cc1. The maximum atomic E-state index is 12.7. The van der Waals surface area contributed by atoms with Gasteiger partial charge in [-0.1, -0.05) is 95.9 Å². The molecule has 0 bridgehead atoms. The van der Waals surface area contributed by atoms with Gasteiger partial charge in [0.05, 0.1) is 5.75 Å². The lowest BCUT2D eigenvalue weighted by molar-refractivity contribution is -0.128. The smallest absolute Gasteiger partial charge is 0.257 e. The molecule has 1 unspecified atom stereocenters. The Morgan fingerprint density at radius 3 is 2.34 bits per heavy atom. The van der Waals surface area contributed by atoms with Crippen molar-refractivity contribution in [1.29, 1.82) is 0 Å². The molecular formula is C26H22N4O2S3. The number of carbonyl (C=O) groups is 2. The van der Waals surface area contributed by atoms with Crippen LogP contribution >= 0.6 is 34.9 Å². The van der Waals surface area contributed by atoms with Crippen LogP contribution < -0.4 is 5.32 Å². The van der Waals surface area contributed by atoms with Gasteiger partial charge in [-0.3, -0.25) is 14.9 Å². The first-order valence-corrected chi connectivity index (χ1v) is 13.9. The number of aromatic nitrogens is 2. The Bertz CT molecular complexity index is 1300. The van der Waals surface area contributed by atoms with Crippen LogP contribution in [0.15, 0.2) is 89.3 Å². The zero-order chi connectivity index (χ0) is 24.0. The number of amides is 2. The van der Waals surface area contributed by atoms with E-state index in [9.17, 15) is 9.59 Å². The van der Waals surface area contributed by atoms with Gasteiger partial charge in [-0.15, -0.1) is 22.0 Å². The summed E-state index contributed by atoms with van der Waals surface area (Å²) in [6.07, 6.45) is 0. The van der Waals surface area contributed by atoms with E-state index < -0.39 is 0 Å². The maximum Gasteiger partial charge on any atom is 0.257 e. The van der Waals surface area contributed by atoms with Gasteiger partial charge in [-0.05, 0) is 28.8 Å². The van der Waals surface area contributed by atoms with Crippen molar-refractivity contribution in [2.24, 2.45) is 0 Å². The standard InChI is InChI=1S/C26H22N4O2S3/c31-22-17-33-24(30(22)15-18-7-3-1-4-8-18)21-13-11-20(12-14-21)23(32)27-25-28-29-26(35-25)34-16-19-9-5-2-6-10-19/h1-14,24H,15-17H2,(H,27,28,32). The minimum Gasteiger partial charge on any atom is -0.322 e. The van der Waals surface area contributed by atoms with Crippen LogP contribution in [0.4, 0.5) is 5.13 Å². The first kappa shape index (κ1) is 23.6. The van der Waals surface area contributed by atoms with Gasteiger partial charge < -0.3 is 4.90 Å². The van der Waals surface area contributed by atoms with Crippen LogP contribution in [-0.2, 0) is 17.1 Å². The average molecular weight is 519 g/mol. The van der Waals surface area contributed by atoms with Crippen LogP contribution in [0, 0.1) is 0 Å². The van der Waals surface area contributed by atoms with Gasteiger partial charge in [0.2, 0.25) is 11.0 Å². The van der Waals surface area contributed by atoms with Crippen molar-refractivity contribution in [3.05, 3.63) is 107 Å². The average Bonchev–Trinajstić information content (AvgIpc) is 3.50. The predicted octanol–water partition coefficient (Wildman–Crippen LogP) is 5.86. The molecule has 1 aliphatic heterocycles. The highest BCUT2D eigenvalue weighted by atomic mass is 32.2. The molecule has 6 nitrogen and oxygen atoms in total. The number of hydrogen-bond donors (Lipinski definition) is 1. The summed E-state index contributed by atoms with van der Waals surface area (Å²) < 4.78 is 0.806. The monoisotopic (exact) mass is 518 g/mol. The third kappa shape index (κ3) is 5.93. The first-order valence-electron chi connectivity index (χ1n) is 11.0. The van der Waals surface area contributed by atoms with Gasteiger partial charge in [0.25, 0.3) is 5.91 Å². The molecule has 1 saturated heterocycles. The second kappa shape index (κ2) is 11.1. The Labute approximate surface area is 216 Å². The molecule has 5 rings (SSSR count). The molecule has 0 radical (unpaired) electrons. The normalized spacial score (nSPS) is 15.4. The van der Waals surface area contributed by atoms with E-state index in [1.807, 2.05) is 65.6 Å². The van der Waals surface area contributed by atoms with Crippen molar-refractivity contribution in [2.45, 2.75) is 22.0 Å². The Morgan fingerprint density at radius 2 is 1.63 bits per heavy atom. The molecule has 4 aromatic rings. The summed E-state index contributed by atoms with van der Waals surface area (Å²) in [7, 11) is 0. The second-order valence-corrected chi connectivity index (χ2v) is 11.2. The lowest BCUT2D eigenvalue weighted by Gasteiger charge is -2.24. The number of nitrogens with zero attached hydrogens (tertiary/aromatic N) is 3. The third-order valence-electron chi connectivity index (χ3n) is 5.45. The van der Waals surface area contributed by atoms with Gasteiger partial charge in [0, 0.05) is 17.9 Å². The second-order valence-electron chi connectivity index (χ2n) is 7.89. The summed E-state index contributed by atoms with van der Waals surface area (Å²) in [6.45, 7) is 0.571. The zero-order valence-electron chi connectivity index (χ0n) is 18.7. The largest absolute Gasteiger partial charge is 0.322 e. The Morgan fingerprint density at radius 1 is 0.943 bits per heavy atom. The molecule has 2 heterocycles. The van der Waals surface area contributed by atoms with Crippen molar-refractivity contribution in [1.82, 2.24) is 15.1 Å². The van der Waals surface area contributed by atoms with Gasteiger partial charge in [0.15, 0.2) is 4.34 Å². The fourth-order valence-corrected chi connectivity index (χ4v) is 6.58. The minimum atomic E-state index is -0.233. The molecule has 1 aromatic heterocycles. The van der Waals surface area contributed by atoms with Crippen molar-refractivity contribution < 1.29 is 9.59 Å². The van der Waals surface area contributed by atoms with Crippen molar-refractivity contribution in [3.8, 4) is 0 Å². The molecule has 3 aromatic carbocycles. The maximum absolute atomic E-state index is 12.7. The van der Waals surface area contributed by atoms with Crippen LogP contribution in [-0.4, -0.2) is 32.7 Å². The van der Waals surface area contributed by atoms with Crippen molar-refractivity contribution in [2.75, 3.05) is 11.1 Å². The van der Waals surface area contributed by atoms with Gasteiger partial charge in [0.1, 0.15) is 5.37 Å². The Kier molecular flexibility index (Phi) is 7.46. The number of hydrogen-bond acceptors (Lipinski definition) is 7. The van der Waals surface area contributed by atoms with Gasteiger partial charge >= 0.3 is 0 Å². The van der Waals surface area contributed by atoms with Crippen molar-refractivity contribution >= 4 is 51.8 Å². The summed E-state index contributed by atoms with van der Waals surface area (Å²) in [5.41, 5.74) is 3.85. The van der Waals surface area contributed by atoms with E-state index in [0.717, 1.165) is 21.2 Å². The number of anilines is 1. The van der Waals surface area contributed by atoms with Gasteiger partial charge in [-0.2, -0.15) is 0 Å². The number of rotatable bonds is 8. The number of benzene rings is 3. The third-order valence-corrected chi connectivity index (χ3v) is 8.75. The molecule has 0 aliphatic carbocycles. The summed E-state index contributed by atoms with van der Waals surface area (Å²) in [6, 6.07) is 27.6. The first-order chi connectivity index (χ1) is 17.2. The van der Waals surface area contributed by atoms with Crippen molar-refractivity contribution in [3.63, 3.8) is 0 Å². The summed E-state index contributed by atoms with van der Waals surface area (Å²) >= 11 is 4.57. The molecule has 9 heteroatoms. The van der Waals surface area contributed by atoms with Crippen LogP contribution in [0.2, 0.25) is 0 Å². The lowest BCUT2D eigenvalue weighted by atomic mass is 10.1. The predicted molar refractivity (Wildman–Crippen MR) is 142 cm³/mol. The zero-order valence-corrected chi connectivity index (χ0v) is 21.1. The quantitative estimate of drug-likeness (QED) is 0.233. The molecule has 1 atom stereocenters. The molecular weight excluding hydrogens is 497 g/mol. The van der Waals surface area contributed by atoms with Crippen LogP contribution in [0.1, 0.15) is 32.4 Å². The highest BCUT2D eigenvalue weighted by molar-refractivity contribution is 8.00. The Hall–Kier alpha value is -3.14. The highest BCUT2D eigenvalue weighted by Gasteiger charge is 2.32.